The van der Waals surface area contributed by atoms with Crippen molar-refractivity contribution in [2.24, 2.45) is 0 Å². The van der Waals surface area contributed by atoms with E-state index in [1.165, 1.54) is 7.11 Å². The maximum absolute atomic E-state index is 12.5. The number of ether oxygens (including phenoxy) is 1. The van der Waals surface area contributed by atoms with Gasteiger partial charge in [-0.3, -0.25) is 0 Å². The van der Waals surface area contributed by atoms with Gasteiger partial charge in [-0.2, -0.15) is 0 Å². The first kappa shape index (κ1) is 12.0. The van der Waals surface area contributed by atoms with Gasteiger partial charge >= 0.3 is 0 Å². The van der Waals surface area contributed by atoms with Crippen molar-refractivity contribution < 1.29 is 13.5 Å². The van der Waals surface area contributed by atoms with E-state index >= 15 is 0 Å². The SMILES string of the molecule is COc1cc2nc(C(F)F)nc(Cl)c2cc1C. The molecule has 6 heteroatoms. The van der Waals surface area contributed by atoms with Crippen molar-refractivity contribution in [1.82, 2.24) is 9.97 Å². The van der Waals surface area contributed by atoms with E-state index in [4.69, 9.17) is 16.3 Å². The largest absolute Gasteiger partial charge is 0.496 e. The van der Waals surface area contributed by atoms with Gasteiger partial charge in [0.1, 0.15) is 10.9 Å². The molecule has 0 aliphatic rings. The van der Waals surface area contributed by atoms with Gasteiger partial charge in [0.15, 0.2) is 5.82 Å². The second-order valence-corrected chi connectivity index (χ2v) is 3.87. The van der Waals surface area contributed by atoms with Gasteiger partial charge in [0.2, 0.25) is 0 Å². The van der Waals surface area contributed by atoms with E-state index < -0.39 is 12.2 Å². The van der Waals surface area contributed by atoms with Crippen LogP contribution in [0.1, 0.15) is 17.8 Å². The standard InChI is InChI=1S/C11H9ClF2N2O/c1-5-3-6-7(4-8(5)17-2)15-11(10(13)14)16-9(6)12/h3-4,10H,1-2H3. The molecule has 0 saturated heterocycles. The Kier molecular flexibility index (Phi) is 3.11. The van der Waals surface area contributed by atoms with Crippen LogP contribution in [-0.2, 0) is 0 Å². The molecule has 0 aliphatic carbocycles. The summed E-state index contributed by atoms with van der Waals surface area (Å²) in [5.74, 6) is 0.000823. The smallest absolute Gasteiger partial charge is 0.297 e. The lowest BCUT2D eigenvalue weighted by molar-refractivity contribution is 0.141. The molecule has 0 bridgehead atoms. The lowest BCUT2D eigenvalue weighted by Gasteiger charge is -2.08. The van der Waals surface area contributed by atoms with E-state index in [0.717, 1.165) is 5.56 Å². The Labute approximate surface area is 101 Å². The zero-order chi connectivity index (χ0) is 12.6. The number of methoxy groups -OCH3 is 1. The van der Waals surface area contributed by atoms with Crippen molar-refractivity contribution in [2.45, 2.75) is 13.3 Å². The fraction of sp³-hybridized carbons (Fsp3) is 0.273. The summed E-state index contributed by atoms with van der Waals surface area (Å²) in [6, 6.07) is 3.29. The third kappa shape index (κ3) is 2.15. The minimum atomic E-state index is -2.75. The third-order valence-corrected chi connectivity index (χ3v) is 2.67. The molecular weight excluding hydrogens is 250 g/mol. The van der Waals surface area contributed by atoms with Crippen LogP contribution < -0.4 is 4.74 Å². The summed E-state index contributed by atoms with van der Waals surface area (Å²) in [5, 5.41) is 0.561. The molecule has 0 N–H and O–H groups in total. The number of aryl methyl sites for hydroxylation is 1. The topological polar surface area (TPSA) is 35.0 Å². The van der Waals surface area contributed by atoms with Gasteiger partial charge in [0, 0.05) is 11.5 Å². The Hall–Kier alpha value is -1.49. The van der Waals surface area contributed by atoms with Gasteiger partial charge in [0.25, 0.3) is 6.43 Å². The highest BCUT2D eigenvalue weighted by Crippen LogP contribution is 2.29. The lowest BCUT2D eigenvalue weighted by Crippen LogP contribution is -1.98. The van der Waals surface area contributed by atoms with Crippen molar-refractivity contribution in [2.75, 3.05) is 7.11 Å². The Morgan fingerprint density at radius 1 is 1.29 bits per heavy atom. The Bertz CT molecular complexity index is 575. The summed E-state index contributed by atoms with van der Waals surface area (Å²) in [4.78, 5) is 7.32. The van der Waals surface area contributed by atoms with Gasteiger partial charge in [-0.25, -0.2) is 18.7 Å². The Morgan fingerprint density at radius 2 is 2.00 bits per heavy atom. The highest BCUT2D eigenvalue weighted by Gasteiger charge is 2.15. The average molecular weight is 259 g/mol. The van der Waals surface area contributed by atoms with Crippen LogP contribution in [0.3, 0.4) is 0 Å². The number of hydrogen-bond acceptors (Lipinski definition) is 3. The van der Waals surface area contributed by atoms with Crippen LogP contribution in [0.15, 0.2) is 12.1 Å². The minimum absolute atomic E-state index is 0.0241. The fourth-order valence-corrected chi connectivity index (χ4v) is 1.80. The summed E-state index contributed by atoms with van der Waals surface area (Å²) < 4.78 is 30.1. The number of benzene rings is 1. The molecule has 3 nitrogen and oxygen atoms in total. The van der Waals surface area contributed by atoms with Crippen molar-refractivity contribution in [3.8, 4) is 5.75 Å². The van der Waals surface area contributed by atoms with Gasteiger partial charge in [0.05, 0.1) is 12.6 Å². The molecule has 90 valence electrons. The number of rotatable bonds is 2. The molecule has 2 aromatic rings. The number of halogens is 3. The van der Waals surface area contributed by atoms with Crippen LogP contribution in [0.4, 0.5) is 8.78 Å². The van der Waals surface area contributed by atoms with Crippen molar-refractivity contribution >= 4 is 22.5 Å². The molecule has 0 radical (unpaired) electrons. The molecule has 1 aromatic heterocycles. The quantitative estimate of drug-likeness (QED) is 0.773. The van der Waals surface area contributed by atoms with Gasteiger partial charge in [-0.1, -0.05) is 11.6 Å². The summed E-state index contributed by atoms with van der Waals surface area (Å²) in [5.41, 5.74) is 1.19. The van der Waals surface area contributed by atoms with Gasteiger partial charge < -0.3 is 4.74 Å². The second-order valence-electron chi connectivity index (χ2n) is 3.51. The van der Waals surface area contributed by atoms with E-state index in [2.05, 4.69) is 9.97 Å². The number of hydrogen-bond donors (Lipinski definition) is 0. The first-order valence-electron chi connectivity index (χ1n) is 4.83. The molecule has 0 spiro atoms. The number of nitrogens with zero attached hydrogens (tertiary/aromatic N) is 2. The van der Waals surface area contributed by atoms with E-state index in [-0.39, 0.29) is 5.15 Å². The van der Waals surface area contributed by atoms with Crippen LogP contribution in [0, 0.1) is 6.92 Å². The molecule has 2 rings (SSSR count). The summed E-state index contributed by atoms with van der Waals surface area (Å²) in [6.45, 7) is 1.83. The summed E-state index contributed by atoms with van der Waals surface area (Å²) in [6.07, 6.45) is -2.75. The summed E-state index contributed by atoms with van der Waals surface area (Å²) >= 11 is 5.85. The van der Waals surface area contributed by atoms with Crippen LogP contribution in [-0.4, -0.2) is 17.1 Å². The van der Waals surface area contributed by atoms with E-state index in [0.29, 0.717) is 16.7 Å². The van der Waals surface area contributed by atoms with Gasteiger partial charge in [-0.15, -0.1) is 0 Å². The zero-order valence-electron chi connectivity index (χ0n) is 9.17. The molecule has 0 atom stereocenters. The van der Waals surface area contributed by atoms with Crippen molar-refractivity contribution in [1.29, 1.82) is 0 Å². The van der Waals surface area contributed by atoms with E-state index in [9.17, 15) is 8.78 Å². The zero-order valence-corrected chi connectivity index (χ0v) is 9.92. The molecule has 0 saturated carbocycles. The van der Waals surface area contributed by atoms with E-state index in [1.807, 2.05) is 6.92 Å². The number of fused-ring (bicyclic) bond motifs is 1. The second kappa shape index (κ2) is 4.41. The van der Waals surface area contributed by atoms with Crippen LogP contribution >= 0.6 is 11.6 Å². The molecule has 0 aliphatic heterocycles. The Morgan fingerprint density at radius 3 is 2.59 bits per heavy atom. The number of alkyl halides is 2. The fourth-order valence-electron chi connectivity index (χ4n) is 1.56. The number of aromatic nitrogens is 2. The summed E-state index contributed by atoms with van der Waals surface area (Å²) in [7, 11) is 1.50. The molecule has 1 aromatic carbocycles. The van der Waals surface area contributed by atoms with Crippen molar-refractivity contribution in [3.63, 3.8) is 0 Å². The molecule has 0 unspecified atom stereocenters. The van der Waals surface area contributed by atoms with Crippen LogP contribution in [0.2, 0.25) is 5.15 Å². The molecule has 17 heavy (non-hydrogen) atoms. The molecule has 1 heterocycles. The molecular formula is C11H9ClF2N2O. The third-order valence-electron chi connectivity index (χ3n) is 2.38. The first-order valence-corrected chi connectivity index (χ1v) is 5.20. The molecule has 0 fully saturated rings. The van der Waals surface area contributed by atoms with E-state index in [1.54, 1.807) is 12.1 Å². The first-order chi connectivity index (χ1) is 8.02. The Balaban J connectivity index is 2.74. The maximum atomic E-state index is 12.5. The monoisotopic (exact) mass is 258 g/mol. The van der Waals surface area contributed by atoms with Gasteiger partial charge in [-0.05, 0) is 18.6 Å². The van der Waals surface area contributed by atoms with Crippen molar-refractivity contribution in [3.05, 3.63) is 28.7 Å². The van der Waals surface area contributed by atoms with Crippen LogP contribution in [0.5, 0.6) is 5.75 Å². The normalized spacial score (nSPS) is 11.2. The highest BCUT2D eigenvalue weighted by molar-refractivity contribution is 6.34. The predicted molar refractivity (Wildman–Crippen MR) is 60.8 cm³/mol. The average Bonchev–Trinajstić information content (AvgIpc) is 2.29. The predicted octanol–water partition coefficient (Wildman–Crippen LogP) is 3.54. The molecule has 0 amide bonds. The maximum Gasteiger partial charge on any atom is 0.297 e. The van der Waals surface area contributed by atoms with Crippen LogP contribution in [0.25, 0.3) is 10.9 Å². The lowest BCUT2D eigenvalue weighted by atomic mass is 10.1. The minimum Gasteiger partial charge on any atom is -0.496 e. The highest BCUT2D eigenvalue weighted by atomic mass is 35.5.